The summed E-state index contributed by atoms with van der Waals surface area (Å²) < 4.78 is 36.0. The van der Waals surface area contributed by atoms with Crippen LogP contribution < -0.4 is 10.6 Å². The second-order valence-corrected chi connectivity index (χ2v) is 5.14. The Morgan fingerprint density at radius 1 is 1.17 bits per heavy atom. The molecule has 6 nitrogen and oxygen atoms in total. The molecular weight excluding hydrogens is 329 g/mol. The maximum Gasteiger partial charge on any atom is 0.405 e. The zero-order valence-corrected chi connectivity index (χ0v) is 12.8. The number of halogens is 3. The molecule has 3 N–H and O–H groups in total. The Balaban J connectivity index is 2.70. The maximum absolute atomic E-state index is 12.0. The summed E-state index contributed by atoms with van der Waals surface area (Å²) in [6.07, 6.45) is -5.81. The fraction of sp³-hybridized carbons (Fsp3) is 0.400. The van der Waals surface area contributed by atoms with Gasteiger partial charge in [0.25, 0.3) is 0 Å². The minimum atomic E-state index is -4.57. The first-order valence-corrected chi connectivity index (χ1v) is 6.98. The van der Waals surface area contributed by atoms with Crippen LogP contribution in [0.1, 0.15) is 30.0 Å². The van der Waals surface area contributed by atoms with Gasteiger partial charge in [0.15, 0.2) is 0 Å². The number of carboxylic acid groups (broad SMARTS) is 1. The Labute approximate surface area is 136 Å². The molecule has 0 saturated carbocycles. The summed E-state index contributed by atoms with van der Waals surface area (Å²) >= 11 is 0. The molecule has 0 aliphatic rings. The van der Waals surface area contributed by atoms with E-state index in [1.807, 2.05) is 0 Å². The maximum atomic E-state index is 12.0. The second-order valence-electron chi connectivity index (χ2n) is 5.14. The Morgan fingerprint density at radius 3 is 2.33 bits per heavy atom. The highest BCUT2D eigenvalue weighted by molar-refractivity contribution is 5.97. The van der Waals surface area contributed by atoms with Crippen LogP contribution in [0.25, 0.3) is 0 Å². The molecule has 0 aromatic heterocycles. The van der Waals surface area contributed by atoms with Gasteiger partial charge in [0, 0.05) is 0 Å². The van der Waals surface area contributed by atoms with Gasteiger partial charge in [-0.25, -0.2) is 0 Å². The number of nitrogens with one attached hydrogen (secondary N) is 2. The molecule has 0 aliphatic carbocycles. The quantitative estimate of drug-likeness (QED) is 0.655. The topological polar surface area (TPSA) is 95.5 Å². The molecule has 0 aliphatic heterocycles. The molecule has 0 spiro atoms. The first-order chi connectivity index (χ1) is 11.1. The molecule has 0 radical (unpaired) electrons. The Bertz CT molecular complexity index is 617. The number of carboxylic acids is 1. The van der Waals surface area contributed by atoms with Crippen LogP contribution in [0.15, 0.2) is 24.3 Å². The van der Waals surface area contributed by atoms with E-state index >= 15 is 0 Å². The van der Waals surface area contributed by atoms with E-state index in [2.05, 4.69) is 5.32 Å². The third kappa shape index (κ3) is 7.12. The van der Waals surface area contributed by atoms with Crippen molar-refractivity contribution < 1.29 is 32.7 Å². The normalized spacial score (nSPS) is 12.3. The molecule has 0 heterocycles. The third-order valence-corrected chi connectivity index (χ3v) is 3.08. The minimum absolute atomic E-state index is 0.416. The van der Waals surface area contributed by atoms with Crippen molar-refractivity contribution in [3.63, 3.8) is 0 Å². The van der Waals surface area contributed by atoms with Crippen LogP contribution in [0, 0.1) is 6.92 Å². The van der Waals surface area contributed by atoms with E-state index in [0.29, 0.717) is 5.56 Å². The molecule has 1 aromatic rings. The molecule has 24 heavy (non-hydrogen) atoms. The number of carbonyl (C=O) groups is 3. The Kier molecular flexibility index (Phi) is 6.75. The van der Waals surface area contributed by atoms with Crippen LogP contribution in [0.3, 0.4) is 0 Å². The molecule has 1 aromatic carbocycles. The van der Waals surface area contributed by atoms with E-state index in [4.69, 9.17) is 5.11 Å². The number of aliphatic carboxylic acids is 1. The standard InChI is InChI=1S/C15H17F3N2O4/c1-9-4-2-3-5-10(9)11(6-14(23)24)20-13(22)7-12(21)19-8-15(16,17)18/h2-5,11H,6-8H2,1H3,(H,19,21)(H,20,22)(H,23,24). The fourth-order valence-electron chi connectivity index (χ4n) is 2.04. The minimum Gasteiger partial charge on any atom is -0.481 e. The summed E-state index contributed by atoms with van der Waals surface area (Å²) in [6.45, 7) is 0.196. The van der Waals surface area contributed by atoms with Gasteiger partial charge in [-0.1, -0.05) is 24.3 Å². The highest BCUT2D eigenvalue weighted by Crippen LogP contribution is 2.20. The van der Waals surface area contributed by atoms with E-state index in [1.54, 1.807) is 36.5 Å². The smallest absolute Gasteiger partial charge is 0.405 e. The number of hydrogen-bond acceptors (Lipinski definition) is 3. The predicted octanol–water partition coefficient (Wildman–Crippen LogP) is 1.70. The van der Waals surface area contributed by atoms with Gasteiger partial charge in [-0.3, -0.25) is 14.4 Å². The number of rotatable bonds is 7. The second kappa shape index (κ2) is 8.32. The molecule has 1 unspecified atom stereocenters. The van der Waals surface area contributed by atoms with Crippen LogP contribution in [-0.4, -0.2) is 35.6 Å². The number of alkyl halides is 3. The Hall–Kier alpha value is -2.58. The van der Waals surface area contributed by atoms with Crippen molar-refractivity contribution in [2.24, 2.45) is 0 Å². The number of aryl methyl sites for hydroxylation is 1. The molecule has 132 valence electrons. The van der Waals surface area contributed by atoms with Crippen LogP contribution in [0.4, 0.5) is 13.2 Å². The number of amides is 2. The summed E-state index contributed by atoms with van der Waals surface area (Å²) in [5.74, 6) is -3.11. The van der Waals surface area contributed by atoms with Gasteiger partial charge in [-0.2, -0.15) is 13.2 Å². The number of benzene rings is 1. The van der Waals surface area contributed by atoms with Gasteiger partial charge < -0.3 is 15.7 Å². The largest absolute Gasteiger partial charge is 0.481 e. The van der Waals surface area contributed by atoms with Crippen LogP contribution >= 0.6 is 0 Å². The van der Waals surface area contributed by atoms with Crippen molar-refractivity contribution in [1.82, 2.24) is 10.6 Å². The fourth-order valence-corrected chi connectivity index (χ4v) is 2.04. The van der Waals surface area contributed by atoms with Crippen LogP contribution in [0.2, 0.25) is 0 Å². The number of hydrogen-bond donors (Lipinski definition) is 3. The number of carbonyl (C=O) groups excluding carboxylic acids is 2. The SMILES string of the molecule is Cc1ccccc1C(CC(=O)O)NC(=O)CC(=O)NCC(F)(F)F. The zero-order chi connectivity index (χ0) is 18.3. The van der Waals surface area contributed by atoms with Crippen molar-refractivity contribution in [3.05, 3.63) is 35.4 Å². The lowest BCUT2D eigenvalue weighted by Crippen LogP contribution is -2.38. The zero-order valence-electron chi connectivity index (χ0n) is 12.8. The summed E-state index contributed by atoms with van der Waals surface area (Å²) in [4.78, 5) is 34.1. The van der Waals surface area contributed by atoms with Crippen molar-refractivity contribution >= 4 is 17.8 Å². The van der Waals surface area contributed by atoms with Crippen LogP contribution in [-0.2, 0) is 14.4 Å². The van der Waals surface area contributed by atoms with Gasteiger partial charge in [-0.15, -0.1) is 0 Å². The summed E-state index contributed by atoms with van der Waals surface area (Å²) in [5, 5.41) is 12.9. The van der Waals surface area contributed by atoms with Gasteiger partial charge in [-0.05, 0) is 18.1 Å². The van der Waals surface area contributed by atoms with Crippen molar-refractivity contribution in [2.45, 2.75) is 32.0 Å². The molecule has 1 atom stereocenters. The van der Waals surface area contributed by atoms with Crippen molar-refractivity contribution in [3.8, 4) is 0 Å². The molecule has 0 saturated heterocycles. The lowest BCUT2D eigenvalue weighted by atomic mass is 9.98. The molecule has 1 rings (SSSR count). The first kappa shape index (κ1) is 19.5. The molecule has 9 heteroatoms. The molecule has 0 bridgehead atoms. The molecular formula is C15H17F3N2O4. The summed E-state index contributed by atoms with van der Waals surface area (Å²) in [7, 11) is 0. The Morgan fingerprint density at radius 2 is 1.79 bits per heavy atom. The molecule has 0 fully saturated rings. The average molecular weight is 346 g/mol. The monoisotopic (exact) mass is 346 g/mol. The van der Waals surface area contributed by atoms with Gasteiger partial charge in [0.05, 0.1) is 12.5 Å². The first-order valence-electron chi connectivity index (χ1n) is 6.98. The van der Waals surface area contributed by atoms with E-state index < -0.39 is 49.4 Å². The highest BCUT2D eigenvalue weighted by atomic mass is 19.4. The van der Waals surface area contributed by atoms with Crippen molar-refractivity contribution in [2.75, 3.05) is 6.54 Å². The summed E-state index contributed by atoms with van der Waals surface area (Å²) in [5.41, 5.74) is 1.30. The van der Waals surface area contributed by atoms with E-state index in [1.165, 1.54) is 0 Å². The van der Waals surface area contributed by atoms with Gasteiger partial charge in [0.1, 0.15) is 13.0 Å². The van der Waals surface area contributed by atoms with Gasteiger partial charge in [0.2, 0.25) is 11.8 Å². The van der Waals surface area contributed by atoms with Gasteiger partial charge >= 0.3 is 12.1 Å². The van der Waals surface area contributed by atoms with E-state index in [0.717, 1.165) is 5.56 Å². The highest BCUT2D eigenvalue weighted by Gasteiger charge is 2.28. The summed E-state index contributed by atoms with van der Waals surface area (Å²) in [6, 6.07) is 5.88. The van der Waals surface area contributed by atoms with E-state index in [-0.39, 0.29) is 0 Å². The van der Waals surface area contributed by atoms with Crippen LogP contribution in [0.5, 0.6) is 0 Å². The van der Waals surface area contributed by atoms with E-state index in [9.17, 15) is 27.6 Å². The van der Waals surface area contributed by atoms with Crippen molar-refractivity contribution in [1.29, 1.82) is 0 Å². The predicted molar refractivity (Wildman–Crippen MR) is 78.0 cm³/mol. The molecule has 2 amide bonds. The average Bonchev–Trinajstić information content (AvgIpc) is 2.43. The lowest BCUT2D eigenvalue weighted by Gasteiger charge is -2.19. The lowest BCUT2D eigenvalue weighted by molar-refractivity contribution is -0.141. The third-order valence-electron chi connectivity index (χ3n) is 3.08.